The van der Waals surface area contributed by atoms with Crippen molar-refractivity contribution in [2.24, 2.45) is 0 Å². The number of anilines is 3. The van der Waals surface area contributed by atoms with Crippen LogP contribution in [0, 0.1) is 6.92 Å². The van der Waals surface area contributed by atoms with Crippen LogP contribution >= 0.6 is 0 Å². The van der Waals surface area contributed by atoms with E-state index < -0.39 is 0 Å². The summed E-state index contributed by atoms with van der Waals surface area (Å²) < 4.78 is 11.8. The Hall–Kier alpha value is -2.96. The predicted molar refractivity (Wildman–Crippen MR) is 134 cm³/mol. The Labute approximate surface area is 196 Å². The van der Waals surface area contributed by atoms with E-state index in [9.17, 15) is 0 Å². The van der Waals surface area contributed by atoms with Crippen LogP contribution in [0.25, 0.3) is 0 Å². The van der Waals surface area contributed by atoms with E-state index in [-0.39, 0.29) is 0 Å². The van der Waals surface area contributed by atoms with Gasteiger partial charge in [-0.3, -0.25) is 0 Å². The fourth-order valence-electron chi connectivity index (χ4n) is 4.63. The van der Waals surface area contributed by atoms with E-state index >= 15 is 0 Å². The third kappa shape index (κ3) is 5.34. The van der Waals surface area contributed by atoms with Crippen LogP contribution < -0.4 is 20.3 Å². The molecule has 33 heavy (non-hydrogen) atoms. The number of nitrogens with one attached hydrogen (secondary N) is 2. The summed E-state index contributed by atoms with van der Waals surface area (Å²) in [5, 5.41) is 7.03. The Bertz CT molecular complexity index is 1010. The van der Waals surface area contributed by atoms with Gasteiger partial charge in [-0.2, -0.15) is 0 Å². The van der Waals surface area contributed by atoms with Crippen molar-refractivity contribution in [3.05, 3.63) is 72.1 Å². The van der Waals surface area contributed by atoms with Gasteiger partial charge in [0.05, 0.1) is 13.2 Å². The number of allylic oxidation sites excluding steroid dienone is 2. The maximum absolute atomic E-state index is 6.25. The van der Waals surface area contributed by atoms with Gasteiger partial charge in [-0.25, -0.2) is 0 Å². The van der Waals surface area contributed by atoms with E-state index in [1.54, 1.807) is 0 Å². The Balaban J connectivity index is 1.33. The zero-order valence-electron chi connectivity index (χ0n) is 19.4. The predicted octanol–water partition coefficient (Wildman–Crippen LogP) is 4.42. The van der Waals surface area contributed by atoms with Crippen LogP contribution in [-0.2, 0) is 4.74 Å². The number of hydrogen-bond acceptors (Lipinski definition) is 6. The minimum absolute atomic E-state index is 0.295. The third-order valence-electron chi connectivity index (χ3n) is 6.52. The van der Waals surface area contributed by atoms with E-state index in [1.165, 1.54) is 17.1 Å². The second-order valence-corrected chi connectivity index (χ2v) is 8.88. The minimum atomic E-state index is 0.295. The van der Waals surface area contributed by atoms with Crippen molar-refractivity contribution in [3.8, 4) is 5.75 Å². The molecule has 3 heterocycles. The average molecular weight is 447 g/mol. The molecule has 0 atom stereocenters. The van der Waals surface area contributed by atoms with E-state index in [1.807, 2.05) is 0 Å². The summed E-state index contributed by atoms with van der Waals surface area (Å²) in [6.45, 7) is 8.49. The van der Waals surface area contributed by atoms with E-state index in [0.717, 1.165) is 75.9 Å². The SMILES string of the molecule is Cc1ccc(N2CC=CC=C2N2CCOCC2)cc1Nc1cccc(OC2CCNCC2)c1. The van der Waals surface area contributed by atoms with Gasteiger partial charge >= 0.3 is 0 Å². The summed E-state index contributed by atoms with van der Waals surface area (Å²) in [4.78, 5) is 4.80. The molecule has 0 radical (unpaired) electrons. The topological polar surface area (TPSA) is 49.0 Å². The molecule has 6 nitrogen and oxygen atoms in total. The second-order valence-electron chi connectivity index (χ2n) is 8.88. The molecule has 2 saturated heterocycles. The quantitative estimate of drug-likeness (QED) is 0.685. The molecule has 2 fully saturated rings. The molecule has 0 saturated carbocycles. The standard InChI is InChI=1S/C27H34N4O2/c1-21-8-9-23(31-14-3-2-7-27(31)30-15-17-32-18-16-30)20-26(21)29-22-5-4-6-25(19-22)33-24-10-12-28-13-11-24/h2-9,19-20,24,28-29H,10-18H2,1H3. The van der Waals surface area contributed by atoms with Gasteiger partial charge in [0.1, 0.15) is 17.7 Å². The highest BCUT2D eigenvalue weighted by atomic mass is 16.5. The van der Waals surface area contributed by atoms with Gasteiger partial charge in [0.2, 0.25) is 0 Å². The van der Waals surface area contributed by atoms with Crippen molar-refractivity contribution in [2.75, 3.05) is 56.2 Å². The number of rotatable bonds is 6. The normalized spacial score (nSPS) is 19.4. The van der Waals surface area contributed by atoms with Crippen LogP contribution in [0.2, 0.25) is 0 Å². The Morgan fingerprint density at radius 3 is 2.76 bits per heavy atom. The van der Waals surface area contributed by atoms with Crippen molar-refractivity contribution in [1.29, 1.82) is 0 Å². The number of nitrogens with zero attached hydrogens (tertiary/aromatic N) is 2. The number of aryl methyl sites for hydroxylation is 1. The zero-order valence-corrected chi connectivity index (χ0v) is 19.4. The first-order valence-electron chi connectivity index (χ1n) is 12.1. The molecule has 6 heteroatoms. The second kappa shape index (κ2) is 10.3. The van der Waals surface area contributed by atoms with Crippen molar-refractivity contribution in [2.45, 2.75) is 25.9 Å². The first-order chi connectivity index (χ1) is 16.3. The lowest BCUT2D eigenvalue weighted by Gasteiger charge is -2.38. The van der Waals surface area contributed by atoms with Gasteiger partial charge in [0.25, 0.3) is 0 Å². The Kier molecular flexibility index (Phi) is 6.84. The van der Waals surface area contributed by atoms with Crippen LogP contribution in [0.1, 0.15) is 18.4 Å². The zero-order chi connectivity index (χ0) is 22.5. The largest absolute Gasteiger partial charge is 0.490 e. The number of ether oxygens (including phenoxy) is 2. The van der Waals surface area contributed by atoms with Crippen molar-refractivity contribution < 1.29 is 9.47 Å². The molecule has 0 amide bonds. The van der Waals surface area contributed by atoms with E-state index in [2.05, 4.69) is 88.0 Å². The molecule has 0 spiro atoms. The summed E-state index contributed by atoms with van der Waals surface area (Å²) in [6, 6.07) is 15.0. The van der Waals surface area contributed by atoms with Gasteiger partial charge in [-0.1, -0.05) is 24.3 Å². The molecule has 5 rings (SSSR count). The number of hydrogen-bond donors (Lipinski definition) is 2. The van der Waals surface area contributed by atoms with Crippen LogP contribution in [0.5, 0.6) is 5.75 Å². The van der Waals surface area contributed by atoms with Gasteiger partial charge in [-0.15, -0.1) is 0 Å². The highest BCUT2D eigenvalue weighted by molar-refractivity contribution is 5.70. The maximum atomic E-state index is 6.25. The molecule has 0 aromatic heterocycles. The van der Waals surface area contributed by atoms with Gasteiger partial charge in [0.15, 0.2) is 0 Å². The van der Waals surface area contributed by atoms with Crippen LogP contribution in [0.15, 0.2) is 66.5 Å². The summed E-state index contributed by atoms with van der Waals surface area (Å²) >= 11 is 0. The summed E-state index contributed by atoms with van der Waals surface area (Å²) in [5.74, 6) is 2.17. The molecule has 174 valence electrons. The lowest BCUT2D eigenvalue weighted by Crippen LogP contribution is -2.43. The van der Waals surface area contributed by atoms with Crippen molar-refractivity contribution in [3.63, 3.8) is 0 Å². The van der Waals surface area contributed by atoms with Gasteiger partial charge in [0, 0.05) is 42.8 Å². The van der Waals surface area contributed by atoms with Gasteiger partial charge < -0.3 is 29.9 Å². The third-order valence-corrected chi connectivity index (χ3v) is 6.52. The fraction of sp³-hybridized carbons (Fsp3) is 0.407. The molecule has 2 aromatic carbocycles. The van der Waals surface area contributed by atoms with E-state index in [4.69, 9.17) is 9.47 Å². The van der Waals surface area contributed by atoms with E-state index in [0.29, 0.717) is 6.10 Å². The first-order valence-corrected chi connectivity index (χ1v) is 12.1. The monoisotopic (exact) mass is 446 g/mol. The summed E-state index contributed by atoms with van der Waals surface area (Å²) in [7, 11) is 0. The number of morpholine rings is 1. The molecule has 3 aliphatic rings. The Morgan fingerprint density at radius 1 is 1.06 bits per heavy atom. The molecule has 2 N–H and O–H groups in total. The number of benzene rings is 2. The molecule has 0 unspecified atom stereocenters. The molecule has 0 aliphatic carbocycles. The van der Waals surface area contributed by atoms with Crippen molar-refractivity contribution in [1.82, 2.24) is 10.2 Å². The summed E-state index contributed by atoms with van der Waals surface area (Å²) in [5.41, 5.74) is 4.56. The van der Waals surface area contributed by atoms with Crippen LogP contribution in [-0.4, -0.2) is 56.9 Å². The molecule has 0 bridgehead atoms. The maximum Gasteiger partial charge on any atom is 0.121 e. The average Bonchev–Trinajstić information content (AvgIpc) is 2.87. The smallest absolute Gasteiger partial charge is 0.121 e. The van der Waals surface area contributed by atoms with Gasteiger partial charge in [-0.05, 0) is 68.8 Å². The fourth-order valence-corrected chi connectivity index (χ4v) is 4.63. The highest BCUT2D eigenvalue weighted by Crippen LogP contribution is 2.31. The Morgan fingerprint density at radius 2 is 1.91 bits per heavy atom. The summed E-state index contributed by atoms with van der Waals surface area (Å²) in [6.07, 6.45) is 8.98. The molecular weight excluding hydrogens is 412 g/mol. The van der Waals surface area contributed by atoms with Crippen LogP contribution in [0.4, 0.5) is 17.1 Å². The lowest BCUT2D eigenvalue weighted by atomic mass is 10.1. The van der Waals surface area contributed by atoms with Crippen molar-refractivity contribution >= 4 is 17.1 Å². The highest BCUT2D eigenvalue weighted by Gasteiger charge is 2.22. The first kappa shape index (κ1) is 21.9. The molecule has 2 aromatic rings. The minimum Gasteiger partial charge on any atom is -0.490 e. The lowest BCUT2D eigenvalue weighted by molar-refractivity contribution is 0.0524. The number of piperidine rings is 1. The molecular formula is C27H34N4O2. The molecule has 3 aliphatic heterocycles. The van der Waals surface area contributed by atoms with Crippen LogP contribution in [0.3, 0.4) is 0 Å².